The molecule has 6 heteroatoms. The molecule has 0 bridgehead atoms. The van der Waals surface area contributed by atoms with Crippen LogP contribution in [0.3, 0.4) is 0 Å². The Kier molecular flexibility index (Phi) is 6.68. The van der Waals surface area contributed by atoms with Crippen LogP contribution in [0, 0.1) is 5.92 Å². The van der Waals surface area contributed by atoms with Crippen LogP contribution in [0.5, 0.6) is 0 Å². The molecule has 2 aromatic heterocycles. The average molecular weight is 381 g/mol. The van der Waals surface area contributed by atoms with Crippen molar-refractivity contribution < 1.29 is 4.79 Å². The largest absolute Gasteiger partial charge is 0.356 e. The summed E-state index contributed by atoms with van der Waals surface area (Å²) in [5.74, 6) is -0.284. The number of rotatable bonds is 8. The van der Waals surface area contributed by atoms with Gasteiger partial charge in [0.25, 0.3) is 0 Å². The van der Waals surface area contributed by atoms with Crippen LogP contribution in [0.1, 0.15) is 30.0 Å². The maximum Gasteiger partial charge on any atom is 0.224 e. The van der Waals surface area contributed by atoms with E-state index in [-0.39, 0.29) is 17.9 Å². The smallest absolute Gasteiger partial charge is 0.224 e. The molecule has 2 heterocycles. The molecule has 0 aliphatic carbocycles. The van der Waals surface area contributed by atoms with Crippen molar-refractivity contribution in [2.75, 3.05) is 6.54 Å². The van der Waals surface area contributed by atoms with Gasteiger partial charge in [-0.1, -0.05) is 37.3 Å². The van der Waals surface area contributed by atoms with Gasteiger partial charge in [0.05, 0.1) is 16.6 Å². The molecule has 0 radical (unpaired) electrons. The summed E-state index contributed by atoms with van der Waals surface area (Å²) >= 11 is 1.65. The number of aryl methyl sites for hydroxylation is 1. The van der Waals surface area contributed by atoms with Crippen LogP contribution in [0.2, 0.25) is 0 Å². The Bertz CT molecular complexity index is 851. The van der Waals surface area contributed by atoms with Gasteiger partial charge >= 0.3 is 0 Å². The van der Waals surface area contributed by atoms with E-state index in [1.807, 2.05) is 49.4 Å². The molecular weight excluding hydrogens is 356 g/mol. The van der Waals surface area contributed by atoms with Gasteiger partial charge in [0, 0.05) is 42.3 Å². The second-order valence-electron chi connectivity index (χ2n) is 6.48. The van der Waals surface area contributed by atoms with E-state index in [0.29, 0.717) is 6.54 Å². The van der Waals surface area contributed by atoms with Crippen molar-refractivity contribution >= 4 is 17.2 Å². The maximum atomic E-state index is 12.3. The van der Waals surface area contributed by atoms with Gasteiger partial charge in [-0.3, -0.25) is 9.78 Å². The fourth-order valence-corrected chi connectivity index (χ4v) is 3.67. The first-order valence-electron chi connectivity index (χ1n) is 9.08. The van der Waals surface area contributed by atoms with Gasteiger partial charge in [0.1, 0.15) is 0 Å². The van der Waals surface area contributed by atoms with Crippen LogP contribution in [0.4, 0.5) is 0 Å². The highest BCUT2D eigenvalue weighted by atomic mass is 32.1. The predicted octanol–water partition coefficient (Wildman–Crippen LogP) is 3.59. The highest BCUT2D eigenvalue weighted by molar-refractivity contribution is 7.09. The Morgan fingerprint density at radius 1 is 1.19 bits per heavy atom. The molecule has 0 spiro atoms. The van der Waals surface area contributed by atoms with E-state index in [0.717, 1.165) is 34.7 Å². The number of benzene rings is 1. The zero-order valence-electron chi connectivity index (χ0n) is 15.3. The van der Waals surface area contributed by atoms with Crippen molar-refractivity contribution in [1.29, 1.82) is 0 Å². The number of nitrogens with one attached hydrogen (secondary N) is 1. The van der Waals surface area contributed by atoms with Gasteiger partial charge in [0.15, 0.2) is 0 Å². The van der Waals surface area contributed by atoms with Crippen molar-refractivity contribution in [1.82, 2.24) is 15.3 Å². The maximum absolute atomic E-state index is 12.3. The lowest BCUT2D eigenvalue weighted by Gasteiger charge is -2.19. The first kappa shape index (κ1) is 19.2. The number of pyridine rings is 1. The fraction of sp³-hybridized carbons (Fsp3) is 0.286. The molecule has 0 saturated carbocycles. The summed E-state index contributed by atoms with van der Waals surface area (Å²) < 4.78 is 0. The molecular formula is C21H24N4OS. The molecule has 0 saturated heterocycles. The van der Waals surface area contributed by atoms with Crippen molar-refractivity contribution in [3.63, 3.8) is 0 Å². The van der Waals surface area contributed by atoms with Crippen molar-refractivity contribution in [2.24, 2.45) is 11.7 Å². The Morgan fingerprint density at radius 2 is 1.93 bits per heavy atom. The second kappa shape index (κ2) is 9.39. The molecule has 27 heavy (non-hydrogen) atoms. The lowest BCUT2D eigenvalue weighted by molar-refractivity contribution is -0.125. The van der Waals surface area contributed by atoms with Gasteiger partial charge in [-0.15, -0.1) is 11.3 Å². The van der Waals surface area contributed by atoms with Crippen LogP contribution >= 0.6 is 11.3 Å². The third-order valence-electron chi connectivity index (χ3n) is 4.53. The van der Waals surface area contributed by atoms with E-state index >= 15 is 0 Å². The minimum absolute atomic E-state index is 0.0111. The average Bonchev–Trinajstić information content (AvgIpc) is 3.20. The van der Waals surface area contributed by atoms with Gasteiger partial charge in [-0.2, -0.15) is 0 Å². The molecule has 3 rings (SSSR count). The molecule has 0 fully saturated rings. The quantitative estimate of drug-likeness (QED) is 0.585. The highest BCUT2D eigenvalue weighted by Gasteiger charge is 2.21. The number of aromatic nitrogens is 2. The second-order valence-corrected chi connectivity index (χ2v) is 7.42. The molecule has 1 amide bonds. The summed E-state index contributed by atoms with van der Waals surface area (Å²) in [6, 6.07) is 13.3. The third kappa shape index (κ3) is 5.21. The number of amides is 1. The van der Waals surface area contributed by atoms with Crippen LogP contribution in [0.25, 0.3) is 11.3 Å². The van der Waals surface area contributed by atoms with Crippen molar-refractivity contribution in [3.05, 3.63) is 70.8 Å². The Balaban J connectivity index is 1.43. The Hall–Kier alpha value is -2.57. The summed E-state index contributed by atoms with van der Waals surface area (Å²) in [4.78, 5) is 21.0. The molecule has 2 unspecified atom stereocenters. The Labute approximate surface area is 163 Å². The number of carbonyl (C=O) groups is 1. The number of hydrogen-bond donors (Lipinski definition) is 2. The topological polar surface area (TPSA) is 80.9 Å². The van der Waals surface area contributed by atoms with Crippen LogP contribution in [0.15, 0.2) is 60.2 Å². The summed E-state index contributed by atoms with van der Waals surface area (Å²) in [5.41, 5.74) is 9.25. The molecule has 0 aliphatic heterocycles. The standard InChI is InChI=1S/C21H24N4OS/c1-15(20(22)17-6-3-2-4-7-17)21(26)24-11-5-8-19-25-18(14-27-19)16-9-12-23-13-10-16/h2-4,6-7,9-10,12-15,20H,5,8,11,22H2,1H3,(H,24,26). The van der Waals surface area contributed by atoms with Crippen LogP contribution in [-0.2, 0) is 11.2 Å². The summed E-state index contributed by atoms with van der Waals surface area (Å²) in [6.07, 6.45) is 5.23. The molecule has 0 aliphatic rings. The minimum atomic E-state index is -0.298. The zero-order chi connectivity index (χ0) is 19.1. The number of hydrogen-bond acceptors (Lipinski definition) is 5. The number of nitrogens with two attached hydrogens (primary N) is 1. The van der Waals surface area contributed by atoms with Gasteiger partial charge in [0.2, 0.25) is 5.91 Å². The number of nitrogens with zero attached hydrogens (tertiary/aromatic N) is 2. The van der Waals surface area contributed by atoms with Gasteiger partial charge in [-0.25, -0.2) is 4.98 Å². The van der Waals surface area contributed by atoms with Crippen LogP contribution < -0.4 is 11.1 Å². The van der Waals surface area contributed by atoms with E-state index in [4.69, 9.17) is 5.73 Å². The first-order valence-corrected chi connectivity index (χ1v) is 9.96. The van der Waals surface area contributed by atoms with Crippen molar-refractivity contribution in [3.8, 4) is 11.3 Å². The molecule has 3 aromatic rings. The van der Waals surface area contributed by atoms with Crippen LogP contribution in [-0.4, -0.2) is 22.4 Å². The third-order valence-corrected chi connectivity index (χ3v) is 5.44. The minimum Gasteiger partial charge on any atom is -0.356 e. The normalized spacial score (nSPS) is 13.1. The lowest BCUT2D eigenvalue weighted by Crippen LogP contribution is -2.36. The highest BCUT2D eigenvalue weighted by Crippen LogP contribution is 2.22. The molecule has 1 aromatic carbocycles. The van der Waals surface area contributed by atoms with Gasteiger partial charge < -0.3 is 11.1 Å². The monoisotopic (exact) mass is 380 g/mol. The lowest BCUT2D eigenvalue weighted by atomic mass is 9.94. The van der Waals surface area contributed by atoms with E-state index in [9.17, 15) is 4.79 Å². The van der Waals surface area contributed by atoms with E-state index in [1.165, 1.54) is 0 Å². The first-order chi connectivity index (χ1) is 13.1. The van der Waals surface area contributed by atoms with E-state index in [1.54, 1.807) is 23.7 Å². The number of carbonyl (C=O) groups excluding carboxylic acids is 1. The summed E-state index contributed by atoms with van der Waals surface area (Å²) in [7, 11) is 0. The molecule has 2 atom stereocenters. The van der Waals surface area contributed by atoms with E-state index < -0.39 is 0 Å². The molecule has 3 N–H and O–H groups in total. The molecule has 5 nitrogen and oxygen atoms in total. The fourth-order valence-electron chi connectivity index (χ4n) is 2.82. The summed E-state index contributed by atoms with van der Waals surface area (Å²) in [6.45, 7) is 2.49. The van der Waals surface area contributed by atoms with Gasteiger partial charge in [-0.05, 0) is 24.1 Å². The Morgan fingerprint density at radius 3 is 2.67 bits per heavy atom. The van der Waals surface area contributed by atoms with E-state index in [2.05, 4.69) is 20.7 Å². The predicted molar refractivity (Wildman–Crippen MR) is 109 cm³/mol. The zero-order valence-corrected chi connectivity index (χ0v) is 16.2. The number of thiazole rings is 1. The summed E-state index contributed by atoms with van der Waals surface area (Å²) in [5, 5.41) is 6.13. The molecule has 140 valence electrons. The SMILES string of the molecule is CC(C(=O)NCCCc1nc(-c2ccncc2)cs1)C(N)c1ccccc1. The van der Waals surface area contributed by atoms with Crippen molar-refractivity contribution in [2.45, 2.75) is 25.8 Å².